The summed E-state index contributed by atoms with van der Waals surface area (Å²) in [6, 6.07) is 13.5. The number of hydrogen-bond acceptors (Lipinski definition) is 3. The summed E-state index contributed by atoms with van der Waals surface area (Å²) in [6.07, 6.45) is -0.0560. The third-order valence-electron chi connectivity index (χ3n) is 3.10. The summed E-state index contributed by atoms with van der Waals surface area (Å²) in [5, 5.41) is 9.66. The van der Waals surface area contributed by atoms with Gasteiger partial charge in [0.25, 0.3) is 0 Å². The first-order valence-electron chi connectivity index (χ1n) is 5.23. The Balaban J connectivity index is 1.72. The van der Waals surface area contributed by atoms with Crippen molar-refractivity contribution in [2.45, 2.75) is 6.23 Å². The highest BCUT2D eigenvalue weighted by molar-refractivity contribution is 5.98. The van der Waals surface area contributed by atoms with Crippen LogP contribution in [0.4, 0.5) is 11.4 Å². The number of rotatable bonds is 1. The van der Waals surface area contributed by atoms with E-state index in [0.717, 1.165) is 17.1 Å². The van der Waals surface area contributed by atoms with E-state index < -0.39 is 0 Å². The Labute approximate surface area is 92.5 Å². The first-order valence-corrected chi connectivity index (χ1v) is 5.23. The summed E-state index contributed by atoms with van der Waals surface area (Å²) in [6.45, 7) is 0. The number of benzene rings is 2. The molecule has 4 rings (SSSR count). The van der Waals surface area contributed by atoms with Gasteiger partial charge < -0.3 is 9.84 Å². The van der Waals surface area contributed by atoms with Crippen molar-refractivity contribution in [2.24, 2.45) is 0 Å². The van der Waals surface area contributed by atoms with E-state index in [1.54, 1.807) is 6.07 Å². The molecule has 0 aromatic heterocycles. The molecule has 0 aliphatic carbocycles. The van der Waals surface area contributed by atoms with Gasteiger partial charge >= 0.3 is 0 Å². The van der Waals surface area contributed by atoms with Crippen molar-refractivity contribution in [2.75, 3.05) is 4.90 Å². The minimum absolute atomic E-state index is 0.0560. The molecule has 3 heteroatoms. The van der Waals surface area contributed by atoms with E-state index in [1.165, 1.54) is 5.56 Å². The molecule has 2 aliphatic heterocycles. The average molecular weight is 211 g/mol. The Bertz CT molecular complexity index is 594. The second-order valence-corrected chi connectivity index (χ2v) is 4.02. The lowest BCUT2D eigenvalue weighted by atomic mass is 10.1. The number of phenolic OH excluding ortho intramolecular Hbond substituents is 1. The first kappa shape index (κ1) is 8.05. The van der Waals surface area contributed by atoms with Crippen LogP contribution in [-0.2, 0) is 0 Å². The van der Waals surface area contributed by atoms with Gasteiger partial charge in [0.15, 0.2) is 0 Å². The molecule has 2 heterocycles. The molecule has 2 aromatic rings. The highest BCUT2D eigenvalue weighted by Crippen LogP contribution is 2.61. The Morgan fingerprint density at radius 1 is 1.06 bits per heavy atom. The van der Waals surface area contributed by atoms with E-state index in [4.69, 9.17) is 4.74 Å². The number of para-hydroxylation sites is 2. The monoisotopic (exact) mass is 211 g/mol. The fourth-order valence-corrected chi connectivity index (χ4v) is 2.27. The highest BCUT2D eigenvalue weighted by Gasteiger charge is 2.45. The molecule has 0 fully saturated rings. The van der Waals surface area contributed by atoms with Crippen LogP contribution >= 0.6 is 0 Å². The molecule has 1 atom stereocenters. The van der Waals surface area contributed by atoms with Gasteiger partial charge in [0.2, 0.25) is 6.23 Å². The number of hydrogen-bond donors (Lipinski definition) is 1. The highest BCUT2D eigenvalue weighted by atomic mass is 16.5. The number of nitrogens with zero attached hydrogens (tertiary/aromatic N) is 1. The molecule has 0 unspecified atom stereocenters. The van der Waals surface area contributed by atoms with Crippen LogP contribution in [0, 0.1) is 0 Å². The largest absolute Gasteiger partial charge is 0.506 e. The summed E-state index contributed by atoms with van der Waals surface area (Å²) < 4.78 is 5.66. The molecule has 3 nitrogen and oxygen atoms in total. The zero-order chi connectivity index (χ0) is 10.7. The Morgan fingerprint density at radius 2 is 1.94 bits per heavy atom. The summed E-state index contributed by atoms with van der Waals surface area (Å²) in [7, 11) is 0. The lowest BCUT2D eigenvalue weighted by Gasteiger charge is -2.32. The number of ether oxygens (including phenoxy) is 1. The zero-order valence-electron chi connectivity index (χ0n) is 8.42. The zero-order valence-corrected chi connectivity index (χ0v) is 8.42. The SMILES string of the molecule is Oc1cccc2c1N2[C@@H]1Oc2ccccc21. The Morgan fingerprint density at radius 3 is 2.75 bits per heavy atom. The molecule has 0 amide bonds. The minimum atomic E-state index is -0.0560. The van der Waals surface area contributed by atoms with Crippen LogP contribution in [0.5, 0.6) is 11.5 Å². The third-order valence-corrected chi connectivity index (χ3v) is 3.10. The smallest absolute Gasteiger partial charge is 0.206 e. The van der Waals surface area contributed by atoms with Crippen molar-refractivity contribution in [1.82, 2.24) is 0 Å². The summed E-state index contributed by atoms with van der Waals surface area (Å²) in [5.41, 5.74) is 3.12. The first-order chi connectivity index (χ1) is 7.86. The second kappa shape index (κ2) is 2.50. The number of phenols is 1. The van der Waals surface area contributed by atoms with Crippen LogP contribution in [0.15, 0.2) is 42.5 Å². The number of fused-ring (bicyclic) bond motifs is 2. The van der Waals surface area contributed by atoms with Gasteiger partial charge in [-0.05, 0) is 24.3 Å². The quantitative estimate of drug-likeness (QED) is 0.736. The molecule has 1 N–H and O–H groups in total. The van der Waals surface area contributed by atoms with Gasteiger partial charge in [-0.15, -0.1) is 0 Å². The lowest BCUT2D eigenvalue weighted by Crippen LogP contribution is -2.27. The molecule has 0 saturated heterocycles. The van der Waals surface area contributed by atoms with Crippen molar-refractivity contribution in [1.29, 1.82) is 0 Å². The van der Waals surface area contributed by atoms with Gasteiger partial charge in [0.1, 0.15) is 17.2 Å². The molecule has 0 saturated carbocycles. The topological polar surface area (TPSA) is 32.5 Å². The molecule has 0 spiro atoms. The van der Waals surface area contributed by atoms with Crippen LogP contribution in [0.25, 0.3) is 0 Å². The van der Waals surface area contributed by atoms with E-state index >= 15 is 0 Å². The van der Waals surface area contributed by atoms with Crippen molar-refractivity contribution < 1.29 is 9.84 Å². The van der Waals surface area contributed by atoms with Crippen molar-refractivity contribution in [3.63, 3.8) is 0 Å². The van der Waals surface area contributed by atoms with Crippen LogP contribution in [0.1, 0.15) is 11.8 Å². The number of anilines is 2. The van der Waals surface area contributed by atoms with Gasteiger partial charge in [0, 0.05) is 0 Å². The van der Waals surface area contributed by atoms with Gasteiger partial charge in [0.05, 0.1) is 11.3 Å². The lowest BCUT2D eigenvalue weighted by molar-refractivity contribution is 0.159. The van der Waals surface area contributed by atoms with E-state index in [9.17, 15) is 5.11 Å². The van der Waals surface area contributed by atoms with E-state index in [-0.39, 0.29) is 6.23 Å². The molecule has 2 aliphatic rings. The average Bonchev–Trinajstić information content (AvgIpc) is 2.96. The van der Waals surface area contributed by atoms with Crippen LogP contribution in [0.2, 0.25) is 0 Å². The second-order valence-electron chi connectivity index (χ2n) is 4.02. The Kier molecular flexibility index (Phi) is 1.26. The van der Waals surface area contributed by atoms with Gasteiger partial charge in [-0.1, -0.05) is 18.2 Å². The maximum atomic E-state index is 9.66. The van der Waals surface area contributed by atoms with Crippen LogP contribution in [-0.4, -0.2) is 5.11 Å². The van der Waals surface area contributed by atoms with Gasteiger partial charge in [-0.3, -0.25) is 4.90 Å². The maximum absolute atomic E-state index is 9.66. The molecule has 0 bridgehead atoms. The van der Waals surface area contributed by atoms with Crippen molar-refractivity contribution in [3.8, 4) is 11.5 Å². The van der Waals surface area contributed by atoms with Gasteiger partial charge in [-0.2, -0.15) is 0 Å². The van der Waals surface area contributed by atoms with E-state index in [2.05, 4.69) is 6.07 Å². The number of aromatic hydroxyl groups is 1. The van der Waals surface area contributed by atoms with E-state index in [0.29, 0.717) is 5.75 Å². The fourth-order valence-electron chi connectivity index (χ4n) is 2.27. The van der Waals surface area contributed by atoms with Crippen molar-refractivity contribution in [3.05, 3.63) is 48.0 Å². The molecular formula is C13H9NO2. The normalized spacial score (nSPS) is 19.2. The molecule has 2 aromatic carbocycles. The fraction of sp³-hybridized carbons (Fsp3) is 0.0769. The molecular weight excluding hydrogens is 202 g/mol. The molecule has 16 heavy (non-hydrogen) atoms. The third kappa shape index (κ3) is 0.834. The Hall–Kier alpha value is -2.16. The molecule has 78 valence electrons. The maximum Gasteiger partial charge on any atom is 0.206 e. The predicted molar refractivity (Wildman–Crippen MR) is 60.1 cm³/mol. The summed E-state index contributed by atoms with van der Waals surface area (Å²) >= 11 is 0. The predicted octanol–water partition coefficient (Wildman–Crippen LogP) is 2.93. The minimum Gasteiger partial charge on any atom is -0.506 e. The van der Waals surface area contributed by atoms with Crippen LogP contribution in [0.3, 0.4) is 0 Å². The van der Waals surface area contributed by atoms with Gasteiger partial charge in [-0.25, -0.2) is 0 Å². The molecule has 0 radical (unpaired) electrons. The summed E-state index contributed by atoms with van der Waals surface area (Å²) in [4.78, 5) is 2.01. The van der Waals surface area contributed by atoms with E-state index in [1.807, 2.05) is 35.2 Å². The van der Waals surface area contributed by atoms with Crippen molar-refractivity contribution >= 4 is 11.4 Å². The van der Waals surface area contributed by atoms with Crippen LogP contribution < -0.4 is 9.64 Å². The standard InChI is InChI=1S/C13H9NO2/c15-10-6-3-5-9-12(10)14(9)13-8-4-1-2-7-11(8)16-13/h1-7,13,15H/t13-,14?/m1/s1. The summed E-state index contributed by atoms with van der Waals surface area (Å²) in [5.74, 6) is 1.26.